The number of ether oxygens (including phenoxy) is 3. The van der Waals surface area contributed by atoms with E-state index in [2.05, 4.69) is 191 Å². The Kier molecular flexibility index (Phi) is 88.2. The zero-order valence-corrected chi connectivity index (χ0v) is 77.0. The molecule has 5 atom stereocenters. The Morgan fingerprint density at radius 1 is 0.244 bits per heavy atom. The number of hydrogen-bond acceptors (Lipinski definition) is 14. The molecule has 0 aliphatic carbocycles. The van der Waals surface area contributed by atoms with E-state index >= 15 is 0 Å². The Labute approximate surface area is 726 Å². The summed E-state index contributed by atoms with van der Waals surface area (Å²) in [6.45, 7) is 2.53. The van der Waals surface area contributed by atoms with Gasteiger partial charge in [-0.25, -0.2) is 9.13 Å². The third-order valence-corrected chi connectivity index (χ3v) is 21.8. The molecule has 0 aromatic rings. The molecular formula is C101H172O16P2. The summed E-state index contributed by atoms with van der Waals surface area (Å²) in [5, 5.41) is 20.7. The largest absolute Gasteiger partial charge is 0.472 e. The predicted octanol–water partition coefficient (Wildman–Crippen LogP) is 29.4. The number of rotatable bonds is 89. The van der Waals surface area contributed by atoms with E-state index in [4.69, 9.17) is 32.3 Å². The lowest BCUT2D eigenvalue weighted by Gasteiger charge is -2.21. The van der Waals surface area contributed by atoms with Gasteiger partial charge in [0.2, 0.25) is 0 Å². The lowest BCUT2D eigenvalue weighted by Crippen LogP contribution is -2.30. The van der Waals surface area contributed by atoms with Crippen molar-refractivity contribution in [3.63, 3.8) is 0 Å². The SMILES string of the molecule is CC/C=C\C/C=C\C/C=C\C/C=C\C/C=C\C/C=C\CCCCCCCCCCCCC(=O)OCC(COP(=O)(O)OCC(O)COP(=O)(O)OCC(O)COC(=O)CCCCCCCCCCCCCCCCCCC/C=C\C/C=C\C/C=C\C/C=C\CCCCC)OC(=O)CCCCCCC/C=C\C/C=C\C/C=C\C/C=C\CCCCC. The minimum Gasteiger partial charge on any atom is -0.463 e. The maximum absolute atomic E-state index is 13.1. The summed E-state index contributed by atoms with van der Waals surface area (Å²) in [4.78, 5) is 59.0. The van der Waals surface area contributed by atoms with Crippen LogP contribution in [0.25, 0.3) is 0 Å². The molecule has 0 rings (SSSR count). The summed E-state index contributed by atoms with van der Waals surface area (Å²) in [6.07, 6.45) is 120. The van der Waals surface area contributed by atoms with Crippen LogP contribution < -0.4 is 0 Å². The quantitative estimate of drug-likeness (QED) is 0.0146. The van der Waals surface area contributed by atoms with Gasteiger partial charge in [0.15, 0.2) is 6.10 Å². The van der Waals surface area contributed by atoms with E-state index in [1.54, 1.807) is 0 Å². The first-order valence-corrected chi connectivity index (χ1v) is 50.4. The van der Waals surface area contributed by atoms with Crippen LogP contribution in [0, 0.1) is 0 Å². The topological polar surface area (TPSA) is 231 Å². The first kappa shape index (κ1) is 114. The van der Waals surface area contributed by atoms with Crippen LogP contribution in [0.15, 0.2) is 170 Å². The van der Waals surface area contributed by atoms with E-state index in [9.17, 15) is 43.5 Å². The Balaban J connectivity index is 4.58. The van der Waals surface area contributed by atoms with E-state index in [1.807, 2.05) is 0 Å². The van der Waals surface area contributed by atoms with Gasteiger partial charge in [-0.2, -0.15) is 0 Å². The van der Waals surface area contributed by atoms with Crippen molar-refractivity contribution < 1.29 is 75.8 Å². The van der Waals surface area contributed by atoms with Gasteiger partial charge >= 0.3 is 33.6 Å². The lowest BCUT2D eigenvalue weighted by atomic mass is 10.0. The van der Waals surface area contributed by atoms with Gasteiger partial charge in [-0.3, -0.25) is 32.5 Å². The van der Waals surface area contributed by atoms with Crippen LogP contribution in [-0.2, 0) is 55.8 Å². The number of phosphoric ester groups is 2. The normalized spacial score (nSPS) is 14.5. The Morgan fingerprint density at radius 2 is 0.445 bits per heavy atom. The minimum absolute atomic E-state index is 0.0781. The molecule has 0 heterocycles. The van der Waals surface area contributed by atoms with Crippen molar-refractivity contribution in [2.45, 2.75) is 411 Å². The smallest absolute Gasteiger partial charge is 0.463 e. The fourth-order valence-electron chi connectivity index (χ4n) is 12.7. The highest BCUT2D eigenvalue weighted by molar-refractivity contribution is 7.47. The van der Waals surface area contributed by atoms with Crippen molar-refractivity contribution in [3.8, 4) is 0 Å². The van der Waals surface area contributed by atoms with E-state index in [1.165, 1.54) is 167 Å². The van der Waals surface area contributed by atoms with Crippen LogP contribution >= 0.6 is 15.6 Å². The van der Waals surface area contributed by atoms with Crippen LogP contribution in [-0.4, -0.2) is 95.9 Å². The van der Waals surface area contributed by atoms with E-state index in [-0.39, 0.29) is 19.3 Å². The van der Waals surface area contributed by atoms with Crippen molar-refractivity contribution in [1.29, 1.82) is 0 Å². The fraction of sp³-hybridized carbons (Fsp3) is 0.693. The molecule has 0 spiro atoms. The zero-order valence-electron chi connectivity index (χ0n) is 75.2. The molecule has 18 heteroatoms. The highest BCUT2D eigenvalue weighted by Gasteiger charge is 2.29. The van der Waals surface area contributed by atoms with Gasteiger partial charge in [-0.1, -0.05) is 384 Å². The van der Waals surface area contributed by atoms with Crippen molar-refractivity contribution in [3.05, 3.63) is 170 Å². The number of carbonyl (C=O) groups is 3. The average molecular weight is 1700 g/mol. The van der Waals surface area contributed by atoms with E-state index < -0.39 is 91.5 Å². The molecule has 5 unspecified atom stereocenters. The third-order valence-electron chi connectivity index (χ3n) is 19.9. The molecule has 682 valence electrons. The number of esters is 3. The number of aliphatic hydroxyl groups is 2. The molecule has 16 nitrogen and oxygen atoms in total. The van der Waals surface area contributed by atoms with Gasteiger partial charge < -0.3 is 34.2 Å². The molecule has 4 N–H and O–H groups in total. The molecule has 0 saturated carbocycles. The molecule has 0 aliphatic heterocycles. The summed E-state index contributed by atoms with van der Waals surface area (Å²) in [5.74, 6) is -1.59. The summed E-state index contributed by atoms with van der Waals surface area (Å²) in [7, 11) is -9.82. The maximum atomic E-state index is 13.1. The van der Waals surface area contributed by atoms with Crippen LogP contribution in [0.2, 0.25) is 0 Å². The van der Waals surface area contributed by atoms with E-state index in [0.29, 0.717) is 19.3 Å². The number of hydrogen-bond donors (Lipinski definition) is 4. The predicted molar refractivity (Wildman–Crippen MR) is 500 cm³/mol. The first-order valence-electron chi connectivity index (χ1n) is 47.4. The number of carbonyl (C=O) groups excluding carboxylic acids is 3. The van der Waals surface area contributed by atoms with E-state index in [0.717, 1.165) is 167 Å². The second-order valence-corrected chi connectivity index (χ2v) is 34.3. The molecule has 0 fully saturated rings. The van der Waals surface area contributed by atoms with Gasteiger partial charge in [0.1, 0.15) is 25.4 Å². The van der Waals surface area contributed by atoms with Gasteiger partial charge in [0, 0.05) is 19.3 Å². The first-order chi connectivity index (χ1) is 58.2. The highest BCUT2D eigenvalue weighted by atomic mass is 31.2. The second-order valence-electron chi connectivity index (χ2n) is 31.4. The molecule has 119 heavy (non-hydrogen) atoms. The summed E-state index contributed by atoms with van der Waals surface area (Å²) in [6, 6.07) is 0. The molecule has 0 aliphatic rings. The van der Waals surface area contributed by atoms with Crippen LogP contribution in [0.4, 0.5) is 0 Å². The Hall–Kier alpha value is -5.09. The molecule has 0 bridgehead atoms. The number of phosphoric acid groups is 2. The van der Waals surface area contributed by atoms with Crippen molar-refractivity contribution >= 4 is 33.6 Å². The van der Waals surface area contributed by atoms with Crippen molar-refractivity contribution in [2.24, 2.45) is 0 Å². The summed E-state index contributed by atoms with van der Waals surface area (Å²) >= 11 is 0. The van der Waals surface area contributed by atoms with Crippen LogP contribution in [0.3, 0.4) is 0 Å². The number of allylic oxidation sites excluding steroid dienone is 28. The molecule has 0 radical (unpaired) electrons. The monoisotopic (exact) mass is 1700 g/mol. The molecule has 0 aromatic carbocycles. The minimum atomic E-state index is -4.95. The van der Waals surface area contributed by atoms with Crippen molar-refractivity contribution in [2.75, 3.05) is 39.6 Å². The Morgan fingerprint density at radius 3 is 0.706 bits per heavy atom. The average Bonchev–Trinajstić information content (AvgIpc) is 0.903. The third kappa shape index (κ3) is 93.5. The Bertz CT molecular complexity index is 2840. The molecule has 0 amide bonds. The lowest BCUT2D eigenvalue weighted by molar-refractivity contribution is -0.161. The van der Waals surface area contributed by atoms with Crippen LogP contribution in [0.5, 0.6) is 0 Å². The molecule has 0 aromatic heterocycles. The highest BCUT2D eigenvalue weighted by Crippen LogP contribution is 2.45. The molecule has 0 saturated heterocycles. The van der Waals surface area contributed by atoms with Gasteiger partial charge in [0.25, 0.3) is 0 Å². The van der Waals surface area contributed by atoms with Crippen molar-refractivity contribution in [1.82, 2.24) is 0 Å². The zero-order chi connectivity index (χ0) is 86.5. The summed E-state index contributed by atoms with van der Waals surface area (Å²) in [5.41, 5.74) is 0. The summed E-state index contributed by atoms with van der Waals surface area (Å²) < 4.78 is 61.5. The number of aliphatic hydroxyl groups excluding tert-OH is 2. The fourth-order valence-corrected chi connectivity index (χ4v) is 14.3. The van der Waals surface area contributed by atoms with Crippen LogP contribution in [0.1, 0.15) is 393 Å². The standard InChI is InChI=1S/C101H172O16P2/c1-4-7-10-13-16-19-22-25-28-31-34-37-39-41-43-45-46-47-48-50-52-53-55-58-60-63-66-69-72-75-78-81-84-87-99(104)111-90-96(102)91-113-118(107,108)114-92-97(103)93-115-119(109,110)116-95-98(117-101(106)89-86-83-80-77-74-71-68-65-62-57-36-33-30-27-24-21-18-15-12-9-6-3)94-112-100(105)88-85-82-79-76-73-70-67-64-61-59-56-54-51-49-44-42-40-38-35-32-29-26-23-20-17-14-11-8-5-2/h8,11,16-21,25-30,34-38,41-44,51,54,57,65,68,96-98,102-103H,4-7,9-10,12-15,22-24,31-33,39-40,45-50,52-53,55-56,58-64,66-67,69-95H2,1-3H3,(H,107,108)(H,109,110)/b11-8-,19-16-,20-17-,21-18-,28-25-,29-26-,30-27-,37-34-,38-35-,43-41-,44-42-,54-51-,57-36-,68-65-. The van der Waals surface area contributed by atoms with Gasteiger partial charge in [0.05, 0.1) is 26.4 Å². The second kappa shape index (κ2) is 92.1. The van der Waals surface area contributed by atoms with Gasteiger partial charge in [-0.05, 0) is 161 Å². The number of unbranched alkanes of at least 4 members (excludes halogenated alkanes) is 38. The maximum Gasteiger partial charge on any atom is 0.472 e. The molecular weight excluding hydrogens is 1530 g/mol. The van der Waals surface area contributed by atoms with Gasteiger partial charge in [-0.15, -0.1) is 0 Å².